The molecule has 1 aliphatic rings. The molecule has 0 spiro atoms. The molecule has 0 bridgehead atoms. The molecule has 0 unspecified atom stereocenters. The third kappa shape index (κ3) is 1.39. The first-order valence-corrected chi connectivity index (χ1v) is 5.01. The van der Waals surface area contributed by atoms with Gasteiger partial charge in [0.15, 0.2) is 5.75 Å². The molecule has 0 saturated carbocycles. The van der Waals surface area contributed by atoms with E-state index in [1.807, 2.05) is 36.4 Å². The Labute approximate surface area is 88.5 Å². The van der Waals surface area contributed by atoms with Crippen molar-refractivity contribution in [3.8, 4) is 5.75 Å². The second kappa shape index (κ2) is 3.41. The maximum absolute atomic E-state index is 5.42. The molecular weight excluding hydrogens is 186 g/mol. The lowest BCUT2D eigenvalue weighted by Gasteiger charge is -2.08. The second-order valence-electron chi connectivity index (χ2n) is 3.60. The highest BCUT2D eigenvalue weighted by atomic mass is 16.7. The van der Waals surface area contributed by atoms with Crippen LogP contribution in [0.5, 0.6) is 5.75 Å². The van der Waals surface area contributed by atoms with Gasteiger partial charge in [0.2, 0.25) is 0 Å². The lowest BCUT2D eigenvalue weighted by molar-refractivity contribution is 0.207. The average Bonchev–Trinajstić information content (AvgIpc) is 2.74. The minimum atomic E-state index is 0.155. The summed E-state index contributed by atoms with van der Waals surface area (Å²) in [7, 11) is 0. The maximum Gasteiger partial charge on any atom is 0.152 e. The van der Waals surface area contributed by atoms with Crippen LogP contribution in [0.1, 0.15) is 17.2 Å². The molecule has 1 atom stereocenters. The predicted molar refractivity (Wildman–Crippen MR) is 58.5 cm³/mol. The third-order valence-corrected chi connectivity index (χ3v) is 2.65. The molecule has 2 heteroatoms. The highest BCUT2D eigenvalue weighted by molar-refractivity contribution is 5.43. The number of hydrogen-bond donors (Lipinski definition) is 1. The molecule has 0 amide bonds. The number of hydrogen-bond acceptors (Lipinski definition) is 2. The Morgan fingerprint density at radius 3 is 2.47 bits per heavy atom. The molecule has 0 aromatic heterocycles. The lowest BCUT2D eigenvalue weighted by atomic mass is 10.00. The number of benzene rings is 2. The zero-order valence-electron chi connectivity index (χ0n) is 8.18. The van der Waals surface area contributed by atoms with Crippen LogP contribution in [0.3, 0.4) is 0 Å². The Balaban J connectivity index is 2.05. The summed E-state index contributed by atoms with van der Waals surface area (Å²) in [4.78, 5) is 5.42. The van der Waals surface area contributed by atoms with Gasteiger partial charge in [-0.25, -0.2) is 0 Å². The summed E-state index contributed by atoms with van der Waals surface area (Å²) in [5, 5.41) is 0. The van der Waals surface area contributed by atoms with Crippen molar-refractivity contribution < 1.29 is 4.84 Å². The largest absolute Gasteiger partial charge is 0.407 e. The molecule has 2 aromatic carbocycles. The van der Waals surface area contributed by atoms with Crippen LogP contribution >= 0.6 is 0 Å². The number of rotatable bonds is 1. The van der Waals surface area contributed by atoms with Gasteiger partial charge in [0, 0.05) is 5.56 Å². The Kier molecular flexibility index (Phi) is 1.93. The van der Waals surface area contributed by atoms with Gasteiger partial charge >= 0.3 is 0 Å². The van der Waals surface area contributed by atoms with Gasteiger partial charge in [-0.2, -0.15) is 0 Å². The molecule has 1 heterocycles. The smallest absolute Gasteiger partial charge is 0.152 e. The molecule has 0 saturated heterocycles. The molecule has 2 aromatic rings. The van der Waals surface area contributed by atoms with Crippen molar-refractivity contribution in [3.05, 3.63) is 65.7 Å². The number of nitrogens with one attached hydrogen (secondary N) is 1. The van der Waals surface area contributed by atoms with E-state index in [-0.39, 0.29) is 6.04 Å². The van der Waals surface area contributed by atoms with Gasteiger partial charge in [0.05, 0.1) is 6.04 Å². The van der Waals surface area contributed by atoms with Gasteiger partial charge in [-0.05, 0) is 11.6 Å². The van der Waals surface area contributed by atoms with E-state index in [2.05, 4.69) is 23.7 Å². The van der Waals surface area contributed by atoms with E-state index in [0.29, 0.717) is 0 Å². The lowest BCUT2D eigenvalue weighted by Crippen LogP contribution is -2.17. The van der Waals surface area contributed by atoms with Crippen LogP contribution in [0.25, 0.3) is 0 Å². The Morgan fingerprint density at radius 2 is 1.60 bits per heavy atom. The zero-order chi connectivity index (χ0) is 10.1. The second-order valence-corrected chi connectivity index (χ2v) is 3.60. The minimum Gasteiger partial charge on any atom is -0.407 e. The van der Waals surface area contributed by atoms with Crippen LogP contribution in [0, 0.1) is 0 Å². The number of para-hydroxylation sites is 1. The summed E-state index contributed by atoms with van der Waals surface area (Å²) in [6, 6.07) is 18.5. The maximum atomic E-state index is 5.42. The van der Waals surface area contributed by atoms with Crippen LogP contribution < -0.4 is 10.3 Å². The van der Waals surface area contributed by atoms with Crippen molar-refractivity contribution in [3.63, 3.8) is 0 Å². The minimum absolute atomic E-state index is 0.155. The fraction of sp³-hybridized carbons (Fsp3) is 0.0769. The van der Waals surface area contributed by atoms with Gasteiger partial charge in [0.25, 0.3) is 0 Å². The first-order chi connectivity index (χ1) is 7.45. The normalized spacial score (nSPS) is 18.3. The van der Waals surface area contributed by atoms with Crippen molar-refractivity contribution >= 4 is 0 Å². The van der Waals surface area contributed by atoms with E-state index < -0.39 is 0 Å². The summed E-state index contributed by atoms with van der Waals surface area (Å²) < 4.78 is 0. The monoisotopic (exact) mass is 197 g/mol. The number of fused-ring (bicyclic) bond motifs is 1. The topological polar surface area (TPSA) is 21.3 Å². The highest BCUT2D eigenvalue weighted by Gasteiger charge is 2.24. The van der Waals surface area contributed by atoms with Crippen LogP contribution in [0.15, 0.2) is 54.6 Å². The van der Waals surface area contributed by atoms with E-state index >= 15 is 0 Å². The highest BCUT2D eigenvalue weighted by Crippen LogP contribution is 2.34. The molecular formula is C13H11NO. The molecule has 2 nitrogen and oxygen atoms in total. The van der Waals surface area contributed by atoms with Gasteiger partial charge in [-0.3, -0.25) is 0 Å². The molecule has 0 aliphatic carbocycles. The molecule has 3 rings (SSSR count). The summed E-state index contributed by atoms with van der Waals surface area (Å²) in [6.45, 7) is 0. The summed E-state index contributed by atoms with van der Waals surface area (Å²) >= 11 is 0. The number of hydroxylamine groups is 1. The van der Waals surface area contributed by atoms with Crippen LogP contribution in [-0.4, -0.2) is 0 Å². The zero-order valence-corrected chi connectivity index (χ0v) is 8.18. The molecule has 74 valence electrons. The molecule has 15 heavy (non-hydrogen) atoms. The first kappa shape index (κ1) is 8.50. The van der Waals surface area contributed by atoms with Gasteiger partial charge < -0.3 is 4.84 Å². The van der Waals surface area contributed by atoms with Gasteiger partial charge in [0.1, 0.15) is 0 Å². The van der Waals surface area contributed by atoms with Crippen molar-refractivity contribution in [2.45, 2.75) is 6.04 Å². The van der Waals surface area contributed by atoms with Crippen LogP contribution in [0.2, 0.25) is 0 Å². The summed E-state index contributed by atoms with van der Waals surface area (Å²) in [5.41, 5.74) is 5.46. The molecule has 1 N–H and O–H groups in total. The van der Waals surface area contributed by atoms with Crippen molar-refractivity contribution in [1.29, 1.82) is 0 Å². The third-order valence-electron chi connectivity index (χ3n) is 2.65. The summed E-state index contributed by atoms with van der Waals surface area (Å²) in [5.74, 6) is 0.923. The molecule has 0 radical (unpaired) electrons. The van der Waals surface area contributed by atoms with Crippen molar-refractivity contribution in [1.82, 2.24) is 5.48 Å². The summed E-state index contributed by atoms with van der Waals surface area (Å²) in [6.07, 6.45) is 0. The Morgan fingerprint density at radius 1 is 0.867 bits per heavy atom. The van der Waals surface area contributed by atoms with Crippen LogP contribution in [-0.2, 0) is 0 Å². The van der Waals surface area contributed by atoms with E-state index in [1.165, 1.54) is 11.1 Å². The SMILES string of the molecule is c1ccc([C@H]2NOc3ccccc32)cc1. The predicted octanol–water partition coefficient (Wildman–Crippen LogP) is 2.67. The fourth-order valence-corrected chi connectivity index (χ4v) is 1.89. The Bertz CT molecular complexity index is 467. The quantitative estimate of drug-likeness (QED) is 0.758. The Hall–Kier alpha value is -1.80. The molecule has 1 aliphatic heterocycles. The van der Waals surface area contributed by atoms with Crippen LogP contribution in [0.4, 0.5) is 0 Å². The van der Waals surface area contributed by atoms with Gasteiger partial charge in [-0.15, -0.1) is 5.48 Å². The fourth-order valence-electron chi connectivity index (χ4n) is 1.89. The molecule has 0 fully saturated rings. The van der Waals surface area contributed by atoms with Gasteiger partial charge in [-0.1, -0.05) is 48.5 Å². The average molecular weight is 197 g/mol. The first-order valence-electron chi connectivity index (χ1n) is 5.01. The standard InChI is InChI=1S/C13H11NO/c1-2-6-10(7-3-1)13-11-8-4-5-9-12(11)15-14-13/h1-9,13-14H/t13-/m1/s1. The van der Waals surface area contributed by atoms with E-state index in [0.717, 1.165) is 5.75 Å². The van der Waals surface area contributed by atoms with E-state index in [9.17, 15) is 0 Å². The van der Waals surface area contributed by atoms with Crippen molar-refractivity contribution in [2.24, 2.45) is 0 Å². The van der Waals surface area contributed by atoms with E-state index in [4.69, 9.17) is 4.84 Å². The van der Waals surface area contributed by atoms with E-state index in [1.54, 1.807) is 0 Å². The van der Waals surface area contributed by atoms with Crippen molar-refractivity contribution in [2.75, 3.05) is 0 Å².